The fraction of sp³-hybridized carbons (Fsp3) is 0.650. The minimum Gasteiger partial charge on any atom is -0.384 e. The van der Waals surface area contributed by atoms with Crippen molar-refractivity contribution < 1.29 is 13.2 Å². The molecule has 1 atom stereocenters. The van der Waals surface area contributed by atoms with Gasteiger partial charge in [-0.05, 0) is 38.3 Å². The second-order valence-corrected chi connectivity index (χ2v) is 9.33. The Bertz CT molecular complexity index is 732. The lowest BCUT2D eigenvalue weighted by atomic mass is 10.1. The van der Waals surface area contributed by atoms with E-state index in [4.69, 9.17) is 9.73 Å². The van der Waals surface area contributed by atoms with Crippen molar-refractivity contribution in [3.05, 3.63) is 35.4 Å². The van der Waals surface area contributed by atoms with E-state index in [-0.39, 0.29) is 11.8 Å². The Hall–Kier alpha value is -1.64. The molecule has 0 amide bonds. The molecule has 2 rings (SSSR count). The number of guanidine groups is 1. The van der Waals surface area contributed by atoms with Gasteiger partial charge in [-0.2, -0.15) is 0 Å². The summed E-state index contributed by atoms with van der Waals surface area (Å²) in [5, 5.41) is 3.37. The quantitative estimate of drug-likeness (QED) is 0.480. The van der Waals surface area contributed by atoms with Crippen molar-refractivity contribution in [1.82, 2.24) is 14.9 Å². The molecule has 1 heterocycles. The van der Waals surface area contributed by atoms with Crippen molar-refractivity contribution >= 4 is 16.0 Å². The van der Waals surface area contributed by atoms with Crippen LogP contribution in [0.25, 0.3) is 0 Å². The molecule has 0 aliphatic carbocycles. The monoisotopic (exact) mass is 410 g/mol. The topological polar surface area (TPSA) is 83.0 Å². The lowest BCUT2D eigenvalue weighted by Crippen LogP contribution is -2.40. The number of rotatable bonds is 9. The van der Waals surface area contributed by atoms with E-state index in [1.165, 1.54) is 0 Å². The van der Waals surface area contributed by atoms with E-state index >= 15 is 0 Å². The SMILES string of the molecule is CCNC(=NCc1ccc(CS(=O)(=O)NC(C)C)cc1)N1CCC(COC)C1. The Morgan fingerprint density at radius 3 is 2.57 bits per heavy atom. The highest BCUT2D eigenvalue weighted by Crippen LogP contribution is 2.17. The molecule has 2 N–H and O–H groups in total. The van der Waals surface area contributed by atoms with Gasteiger partial charge in [-0.25, -0.2) is 18.1 Å². The summed E-state index contributed by atoms with van der Waals surface area (Å²) in [6.45, 7) is 9.81. The molecule has 1 saturated heterocycles. The van der Waals surface area contributed by atoms with Gasteiger partial charge in [0.1, 0.15) is 0 Å². The summed E-state index contributed by atoms with van der Waals surface area (Å²) in [4.78, 5) is 7.05. The Labute approximate surface area is 169 Å². The molecule has 0 radical (unpaired) electrons. The zero-order chi connectivity index (χ0) is 20.6. The van der Waals surface area contributed by atoms with E-state index in [9.17, 15) is 8.42 Å². The molecule has 1 unspecified atom stereocenters. The largest absolute Gasteiger partial charge is 0.384 e. The summed E-state index contributed by atoms with van der Waals surface area (Å²) in [5.41, 5.74) is 1.83. The van der Waals surface area contributed by atoms with Crippen molar-refractivity contribution in [2.24, 2.45) is 10.9 Å². The Morgan fingerprint density at radius 1 is 1.29 bits per heavy atom. The van der Waals surface area contributed by atoms with Crippen LogP contribution in [0.3, 0.4) is 0 Å². The Kier molecular flexibility index (Phi) is 8.72. The second kappa shape index (κ2) is 10.8. The average Bonchev–Trinajstić information content (AvgIpc) is 3.07. The molecular formula is C20H34N4O3S. The van der Waals surface area contributed by atoms with Crippen LogP contribution in [-0.2, 0) is 27.1 Å². The number of hydrogen-bond donors (Lipinski definition) is 2. The van der Waals surface area contributed by atoms with Gasteiger partial charge in [0.05, 0.1) is 18.9 Å². The van der Waals surface area contributed by atoms with Crippen molar-refractivity contribution in [2.45, 2.75) is 45.5 Å². The molecule has 158 valence electrons. The van der Waals surface area contributed by atoms with Gasteiger partial charge in [0, 0.05) is 38.7 Å². The minimum absolute atomic E-state index is 0.00790. The zero-order valence-corrected chi connectivity index (χ0v) is 18.3. The smallest absolute Gasteiger partial charge is 0.216 e. The first-order valence-corrected chi connectivity index (χ1v) is 11.6. The summed E-state index contributed by atoms with van der Waals surface area (Å²) in [6, 6.07) is 7.52. The van der Waals surface area contributed by atoms with Crippen molar-refractivity contribution in [3.8, 4) is 0 Å². The fourth-order valence-electron chi connectivity index (χ4n) is 3.35. The number of benzene rings is 1. The second-order valence-electron chi connectivity index (χ2n) is 7.57. The summed E-state index contributed by atoms with van der Waals surface area (Å²) in [5.74, 6) is 1.47. The van der Waals surface area contributed by atoms with Crippen LogP contribution in [0.4, 0.5) is 0 Å². The Morgan fingerprint density at radius 2 is 1.96 bits per heavy atom. The molecule has 1 aliphatic heterocycles. The van der Waals surface area contributed by atoms with Crippen LogP contribution in [0.15, 0.2) is 29.3 Å². The lowest BCUT2D eigenvalue weighted by Gasteiger charge is -2.21. The maximum atomic E-state index is 12.0. The maximum absolute atomic E-state index is 12.0. The number of hydrogen-bond acceptors (Lipinski definition) is 4. The van der Waals surface area contributed by atoms with E-state index < -0.39 is 10.0 Å². The first-order valence-electron chi connectivity index (χ1n) is 9.93. The Balaban J connectivity index is 1.97. The van der Waals surface area contributed by atoms with Crippen molar-refractivity contribution in [1.29, 1.82) is 0 Å². The third kappa shape index (κ3) is 7.41. The molecule has 1 aliphatic rings. The van der Waals surface area contributed by atoms with Crippen LogP contribution in [0.2, 0.25) is 0 Å². The number of methoxy groups -OCH3 is 1. The summed E-state index contributed by atoms with van der Waals surface area (Å²) < 4.78 is 32.0. The predicted octanol–water partition coefficient (Wildman–Crippen LogP) is 1.95. The lowest BCUT2D eigenvalue weighted by molar-refractivity contribution is 0.157. The molecule has 1 aromatic carbocycles. The third-order valence-electron chi connectivity index (χ3n) is 4.53. The standard InChI is InChI=1S/C20H34N4O3S/c1-5-21-20(24-11-10-19(13-24)14-27-4)22-12-17-6-8-18(9-7-17)15-28(25,26)23-16(2)3/h6-9,16,19,23H,5,10-15H2,1-4H3,(H,21,22). The van der Waals surface area contributed by atoms with Crippen LogP contribution in [-0.4, -0.2) is 58.7 Å². The number of nitrogens with zero attached hydrogens (tertiary/aromatic N) is 2. The van der Waals surface area contributed by atoms with Gasteiger partial charge in [0.2, 0.25) is 10.0 Å². The normalized spacial score (nSPS) is 18.1. The molecule has 1 aromatic rings. The van der Waals surface area contributed by atoms with Gasteiger partial charge >= 0.3 is 0 Å². The molecule has 0 spiro atoms. The molecule has 0 saturated carbocycles. The van der Waals surface area contributed by atoms with Gasteiger partial charge in [0.15, 0.2) is 5.96 Å². The zero-order valence-electron chi connectivity index (χ0n) is 17.4. The molecular weight excluding hydrogens is 376 g/mol. The van der Waals surface area contributed by atoms with Crippen LogP contribution in [0.5, 0.6) is 0 Å². The first kappa shape index (κ1) is 22.6. The van der Waals surface area contributed by atoms with Crippen LogP contribution < -0.4 is 10.0 Å². The fourth-order valence-corrected chi connectivity index (χ4v) is 4.78. The van der Waals surface area contributed by atoms with E-state index in [1.807, 2.05) is 38.1 Å². The molecule has 1 fully saturated rings. The van der Waals surface area contributed by atoms with Gasteiger partial charge in [-0.15, -0.1) is 0 Å². The van der Waals surface area contributed by atoms with E-state index in [0.29, 0.717) is 12.5 Å². The molecule has 28 heavy (non-hydrogen) atoms. The first-order chi connectivity index (χ1) is 13.3. The van der Waals surface area contributed by atoms with Gasteiger partial charge in [0.25, 0.3) is 0 Å². The third-order valence-corrected chi connectivity index (χ3v) is 6.07. The number of aliphatic imine (C=N–C) groups is 1. The number of sulfonamides is 1. The number of nitrogens with one attached hydrogen (secondary N) is 2. The summed E-state index contributed by atoms with van der Waals surface area (Å²) in [6.07, 6.45) is 1.12. The van der Waals surface area contributed by atoms with Crippen LogP contribution in [0, 0.1) is 5.92 Å². The van der Waals surface area contributed by atoms with E-state index in [0.717, 1.165) is 49.7 Å². The average molecular weight is 411 g/mol. The molecule has 0 aromatic heterocycles. The minimum atomic E-state index is -3.31. The van der Waals surface area contributed by atoms with Crippen molar-refractivity contribution in [3.63, 3.8) is 0 Å². The molecule has 7 nitrogen and oxygen atoms in total. The number of ether oxygens (including phenoxy) is 1. The van der Waals surface area contributed by atoms with E-state index in [1.54, 1.807) is 7.11 Å². The van der Waals surface area contributed by atoms with Gasteiger partial charge < -0.3 is 15.0 Å². The highest BCUT2D eigenvalue weighted by atomic mass is 32.2. The van der Waals surface area contributed by atoms with Crippen molar-refractivity contribution in [2.75, 3.05) is 33.4 Å². The van der Waals surface area contributed by atoms with Crippen LogP contribution in [0.1, 0.15) is 38.3 Å². The van der Waals surface area contributed by atoms with Crippen LogP contribution >= 0.6 is 0 Å². The molecule has 8 heteroatoms. The highest BCUT2D eigenvalue weighted by Gasteiger charge is 2.24. The molecule has 0 bridgehead atoms. The summed E-state index contributed by atoms with van der Waals surface area (Å²) in [7, 11) is -1.56. The highest BCUT2D eigenvalue weighted by molar-refractivity contribution is 7.88. The number of likely N-dealkylation sites (tertiary alicyclic amines) is 1. The maximum Gasteiger partial charge on any atom is 0.216 e. The van der Waals surface area contributed by atoms with Gasteiger partial charge in [-0.1, -0.05) is 24.3 Å². The van der Waals surface area contributed by atoms with Gasteiger partial charge in [-0.3, -0.25) is 0 Å². The summed E-state index contributed by atoms with van der Waals surface area (Å²) >= 11 is 0. The van der Waals surface area contributed by atoms with E-state index in [2.05, 4.69) is 21.9 Å². The predicted molar refractivity (Wildman–Crippen MR) is 114 cm³/mol.